The van der Waals surface area contributed by atoms with Crippen molar-refractivity contribution >= 4 is 11.6 Å². The van der Waals surface area contributed by atoms with Gasteiger partial charge in [0.25, 0.3) is 5.91 Å². The number of hydrogen-bond acceptors (Lipinski definition) is 2. The van der Waals surface area contributed by atoms with E-state index in [1.807, 2.05) is 85.8 Å². The van der Waals surface area contributed by atoms with Gasteiger partial charge < -0.3 is 10.1 Å². The van der Waals surface area contributed by atoms with Crippen molar-refractivity contribution in [3.63, 3.8) is 0 Å². The summed E-state index contributed by atoms with van der Waals surface area (Å²) in [5, 5.41) is 2.85. The molecule has 3 aromatic carbocycles. The number of aryl methyl sites for hydroxylation is 1. The molecule has 0 aromatic heterocycles. The highest BCUT2D eigenvalue weighted by Gasteiger charge is 2.54. The van der Waals surface area contributed by atoms with Crippen LogP contribution in [-0.2, 0) is 4.79 Å². The zero-order valence-corrected chi connectivity index (χ0v) is 17.3. The van der Waals surface area contributed by atoms with Crippen molar-refractivity contribution < 1.29 is 13.9 Å². The number of amides is 1. The van der Waals surface area contributed by atoms with Gasteiger partial charge in [-0.15, -0.1) is 0 Å². The fourth-order valence-corrected chi connectivity index (χ4v) is 4.48. The molecule has 1 N–H and O–H groups in total. The second kappa shape index (κ2) is 8.31. The Balaban J connectivity index is 1.68. The van der Waals surface area contributed by atoms with E-state index in [4.69, 9.17) is 4.74 Å². The average molecular weight is 403 g/mol. The summed E-state index contributed by atoms with van der Waals surface area (Å²) in [4.78, 5) is 13.3. The van der Waals surface area contributed by atoms with Crippen LogP contribution in [0.2, 0.25) is 0 Å². The van der Waals surface area contributed by atoms with Crippen LogP contribution >= 0.6 is 0 Å². The number of hydrogen-bond donors (Lipinski definition) is 1. The van der Waals surface area contributed by atoms with Gasteiger partial charge >= 0.3 is 0 Å². The minimum Gasteiger partial charge on any atom is -0.497 e. The monoisotopic (exact) mass is 403 g/mol. The van der Waals surface area contributed by atoms with Gasteiger partial charge in [0.2, 0.25) is 0 Å². The molecule has 1 aliphatic rings. The highest BCUT2D eigenvalue weighted by atomic mass is 19.1. The number of nitrogens with one attached hydrogen (secondary N) is 1. The van der Waals surface area contributed by atoms with Crippen molar-refractivity contribution in [3.8, 4) is 5.75 Å². The molecular formula is C26H26FNO2. The number of carbonyl (C=O) groups excluding carboxylic acids is 1. The molecule has 0 radical (unpaired) electrons. The molecule has 4 heteroatoms. The second-order valence-electron chi connectivity index (χ2n) is 8.01. The third-order valence-electron chi connectivity index (χ3n) is 6.15. The Morgan fingerprint density at radius 2 is 1.70 bits per heavy atom. The number of anilines is 1. The van der Waals surface area contributed by atoms with E-state index in [2.05, 4.69) is 5.32 Å². The Kier molecular flexibility index (Phi) is 5.58. The van der Waals surface area contributed by atoms with Crippen LogP contribution < -0.4 is 10.1 Å². The highest BCUT2D eigenvalue weighted by molar-refractivity contribution is 5.99. The molecule has 154 valence electrons. The quantitative estimate of drug-likeness (QED) is 0.566. The summed E-state index contributed by atoms with van der Waals surface area (Å²) in [7, 11) is 1.62. The van der Waals surface area contributed by atoms with E-state index in [0.29, 0.717) is 12.1 Å². The lowest BCUT2D eigenvalue weighted by Crippen LogP contribution is -2.41. The number of carbonyl (C=O) groups is 1. The van der Waals surface area contributed by atoms with E-state index >= 15 is 4.39 Å². The summed E-state index contributed by atoms with van der Waals surface area (Å²) in [6.45, 7) is 1.91. The summed E-state index contributed by atoms with van der Waals surface area (Å²) < 4.78 is 21.9. The average Bonchev–Trinajstić information content (AvgIpc) is 3.15. The maximum atomic E-state index is 16.5. The van der Waals surface area contributed by atoms with Crippen LogP contribution in [0.25, 0.3) is 0 Å². The predicted molar refractivity (Wildman–Crippen MR) is 118 cm³/mol. The van der Waals surface area contributed by atoms with Gasteiger partial charge in [0.05, 0.1) is 7.11 Å². The zero-order valence-electron chi connectivity index (χ0n) is 17.3. The molecular weight excluding hydrogens is 377 g/mol. The van der Waals surface area contributed by atoms with Crippen LogP contribution in [0.1, 0.15) is 41.4 Å². The second-order valence-corrected chi connectivity index (χ2v) is 8.01. The van der Waals surface area contributed by atoms with Gasteiger partial charge in [-0.2, -0.15) is 0 Å². The molecule has 3 aromatic rings. The third kappa shape index (κ3) is 3.82. The minimum atomic E-state index is -2.00. The van der Waals surface area contributed by atoms with Crippen LogP contribution in [0, 0.1) is 6.92 Å². The van der Waals surface area contributed by atoms with Gasteiger partial charge in [-0.1, -0.05) is 60.7 Å². The van der Waals surface area contributed by atoms with Crippen LogP contribution in [-0.4, -0.2) is 18.7 Å². The Bertz CT molecular complexity index is 1040. The van der Waals surface area contributed by atoms with Crippen molar-refractivity contribution in [3.05, 3.63) is 95.6 Å². The van der Waals surface area contributed by atoms with E-state index in [1.165, 1.54) is 0 Å². The number of alkyl halides is 1. The van der Waals surface area contributed by atoms with Crippen LogP contribution in [0.4, 0.5) is 10.1 Å². The molecule has 0 aliphatic heterocycles. The first-order chi connectivity index (χ1) is 14.5. The summed E-state index contributed by atoms with van der Waals surface area (Å²) >= 11 is 0. The third-order valence-corrected chi connectivity index (χ3v) is 6.15. The van der Waals surface area contributed by atoms with Gasteiger partial charge in [-0.3, -0.25) is 4.79 Å². The number of halogens is 1. The summed E-state index contributed by atoms with van der Waals surface area (Å²) in [5.74, 6) is -0.419. The Morgan fingerprint density at radius 1 is 1.00 bits per heavy atom. The predicted octanol–water partition coefficient (Wildman–Crippen LogP) is 6.01. The fraction of sp³-hybridized carbons (Fsp3) is 0.269. The van der Waals surface area contributed by atoms with Crippen LogP contribution in [0.15, 0.2) is 78.9 Å². The number of benzene rings is 3. The van der Waals surface area contributed by atoms with E-state index in [9.17, 15) is 4.79 Å². The van der Waals surface area contributed by atoms with E-state index < -0.39 is 17.5 Å². The molecule has 0 spiro atoms. The molecule has 0 bridgehead atoms. The molecule has 0 heterocycles. The van der Waals surface area contributed by atoms with Crippen molar-refractivity contribution in [2.75, 3.05) is 12.4 Å². The lowest BCUT2D eigenvalue weighted by Gasteiger charge is -2.27. The van der Waals surface area contributed by atoms with Crippen molar-refractivity contribution in [2.45, 2.75) is 37.3 Å². The van der Waals surface area contributed by atoms with Crippen LogP contribution in [0.3, 0.4) is 0 Å². The number of methoxy groups -OCH3 is 1. The maximum absolute atomic E-state index is 16.5. The van der Waals surface area contributed by atoms with Crippen LogP contribution in [0.5, 0.6) is 5.75 Å². The van der Waals surface area contributed by atoms with Crippen molar-refractivity contribution in [1.82, 2.24) is 0 Å². The maximum Gasteiger partial charge on any atom is 0.262 e. The molecule has 1 fully saturated rings. The largest absolute Gasteiger partial charge is 0.497 e. The molecule has 4 rings (SSSR count). The van der Waals surface area contributed by atoms with Gasteiger partial charge in [0.15, 0.2) is 5.67 Å². The highest BCUT2D eigenvalue weighted by Crippen LogP contribution is 2.53. The molecule has 1 aliphatic carbocycles. The molecule has 0 saturated heterocycles. The Hall–Kier alpha value is -3.14. The lowest BCUT2D eigenvalue weighted by atomic mass is 9.85. The summed E-state index contributed by atoms with van der Waals surface area (Å²) in [5.41, 5.74) is 1.41. The summed E-state index contributed by atoms with van der Waals surface area (Å²) in [6.07, 6.45) is 0.701. The Morgan fingerprint density at radius 3 is 2.43 bits per heavy atom. The minimum absolute atomic E-state index is 0.0714. The first-order valence-corrected chi connectivity index (χ1v) is 10.3. The molecule has 1 saturated carbocycles. The van der Waals surface area contributed by atoms with Gasteiger partial charge in [0.1, 0.15) is 5.75 Å². The lowest BCUT2D eigenvalue weighted by molar-refractivity contribution is -0.128. The molecule has 30 heavy (non-hydrogen) atoms. The van der Waals surface area contributed by atoms with E-state index in [0.717, 1.165) is 22.4 Å². The van der Waals surface area contributed by atoms with Crippen molar-refractivity contribution in [1.29, 1.82) is 0 Å². The Labute approximate surface area is 176 Å². The zero-order chi connectivity index (χ0) is 21.1. The van der Waals surface area contributed by atoms with Gasteiger partial charge in [-0.25, -0.2) is 4.39 Å². The molecule has 0 unspecified atom stereocenters. The smallest absolute Gasteiger partial charge is 0.262 e. The fourth-order valence-electron chi connectivity index (χ4n) is 4.48. The summed E-state index contributed by atoms with van der Waals surface area (Å²) in [6, 6.07) is 24.7. The van der Waals surface area contributed by atoms with Gasteiger partial charge in [0, 0.05) is 11.6 Å². The molecule has 1 amide bonds. The van der Waals surface area contributed by atoms with E-state index in [1.54, 1.807) is 7.11 Å². The molecule has 3 nitrogen and oxygen atoms in total. The normalized spacial score (nSPS) is 23.2. The molecule has 3 atom stereocenters. The van der Waals surface area contributed by atoms with Gasteiger partial charge in [-0.05, 0) is 60.6 Å². The SMILES string of the molecule is COc1cccc([C@@H]2C[C@@H](c3ccccc3)[C@@](F)(C(=O)Nc3ccccc3C)C2)c1. The van der Waals surface area contributed by atoms with Crippen molar-refractivity contribution in [2.24, 2.45) is 0 Å². The first-order valence-electron chi connectivity index (χ1n) is 10.3. The number of para-hydroxylation sites is 1. The van der Waals surface area contributed by atoms with E-state index in [-0.39, 0.29) is 12.3 Å². The number of ether oxygens (including phenoxy) is 1. The topological polar surface area (TPSA) is 38.3 Å². The number of rotatable bonds is 5. The standard InChI is InChI=1S/C26H26FNO2/c1-18-9-6-7-14-24(18)28-25(29)26(27)17-21(20-12-8-13-22(15-20)30-2)16-23(26)19-10-4-3-5-11-19/h3-15,21,23H,16-17H2,1-2H3,(H,28,29)/t21-,23+,26-/m1/s1. The first kappa shape index (κ1) is 20.1.